The summed E-state index contributed by atoms with van der Waals surface area (Å²) in [5.41, 5.74) is 8.26. The number of nitrogens with zero attached hydrogens (tertiary/aromatic N) is 2. The molecule has 2 rings (SSSR count). The average Bonchev–Trinajstić information content (AvgIpc) is 2.73. The van der Waals surface area contributed by atoms with E-state index in [4.69, 9.17) is 15.0 Å². The number of pyridine rings is 1. The van der Waals surface area contributed by atoms with Crippen LogP contribution in [0.2, 0.25) is 0 Å². The second-order valence-corrected chi connectivity index (χ2v) is 4.63. The molecule has 108 valence electrons. The van der Waals surface area contributed by atoms with Crippen LogP contribution in [0, 0.1) is 13.8 Å². The van der Waals surface area contributed by atoms with Crippen LogP contribution < -0.4 is 15.8 Å². The van der Waals surface area contributed by atoms with Crippen molar-refractivity contribution in [2.45, 2.75) is 33.7 Å². The van der Waals surface area contributed by atoms with Gasteiger partial charge in [0.25, 0.3) is 0 Å². The second kappa shape index (κ2) is 5.81. The quantitative estimate of drug-likeness (QED) is 0.873. The van der Waals surface area contributed by atoms with Gasteiger partial charge in [0, 0.05) is 5.56 Å². The predicted molar refractivity (Wildman–Crippen MR) is 77.8 cm³/mol. The van der Waals surface area contributed by atoms with E-state index in [0.29, 0.717) is 24.0 Å². The Morgan fingerprint density at radius 2 is 2.15 bits per heavy atom. The van der Waals surface area contributed by atoms with Crippen molar-refractivity contribution in [3.8, 4) is 5.88 Å². The molecule has 20 heavy (non-hydrogen) atoms. The SMILES string of the molecule is CCOc1nc(NC(C)c2c(C)noc2C)ccc1N. The second-order valence-electron chi connectivity index (χ2n) is 4.63. The molecular formula is C14H20N4O2. The van der Waals surface area contributed by atoms with E-state index in [1.165, 1.54) is 0 Å². The maximum atomic E-state index is 5.81. The van der Waals surface area contributed by atoms with Crippen molar-refractivity contribution in [2.75, 3.05) is 17.7 Å². The minimum atomic E-state index is 0.0341. The van der Waals surface area contributed by atoms with Crippen LogP contribution >= 0.6 is 0 Å². The number of aromatic nitrogens is 2. The molecule has 1 unspecified atom stereocenters. The monoisotopic (exact) mass is 276 g/mol. The summed E-state index contributed by atoms with van der Waals surface area (Å²) in [6, 6.07) is 3.64. The summed E-state index contributed by atoms with van der Waals surface area (Å²) in [5.74, 6) is 1.96. The van der Waals surface area contributed by atoms with Crippen LogP contribution in [-0.4, -0.2) is 16.7 Å². The number of rotatable bonds is 5. The third-order valence-corrected chi connectivity index (χ3v) is 3.06. The van der Waals surface area contributed by atoms with E-state index in [1.54, 1.807) is 6.07 Å². The van der Waals surface area contributed by atoms with Crippen molar-refractivity contribution in [2.24, 2.45) is 0 Å². The van der Waals surface area contributed by atoms with Crippen LogP contribution in [0.15, 0.2) is 16.7 Å². The lowest BCUT2D eigenvalue weighted by Crippen LogP contribution is -2.10. The maximum Gasteiger partial charge on any atom is 0.239 e. The molecule has 0 spiro atoms. The third kappa shape index (κ3) is 2.84. The van der Waals surface area contributed by atoms with E-state index in [2.05, 4.69) is 15.5 Å². The topological polar surface area (TPSA) is 86.2 Å². The number of ether oxygens (including phenoxy) is 1. The van der Waals surface area contributed by atoms with Gasteiger partial charge in [-0.1, -0.05) is 5.16 Å². The van der Waals surface area contributed by atoms with Gasteiger partial charge in [0.05, 0.1) is 24.0 Å². The molecule has 0 aliphatic carbocycles. The molecule has 0 aliphatic heterocycles. The molecule has 0 saturated heterocycles. The number of nitrogens with two attached hydrogens (primary N) is 1. The Labute approximate surface area is 118 Å². The highest BCUT2D eigenvalue weighted by molar-refractivity contribution is 5.54. The molecule has 0 radical (unpaired) electrons. The molecular weight excluding hydrogens is 256 g/mol. The van der Waals surface area contributed by atoms with Gasteiger partial charge in [-0.05, 0) is 39.8 Å². The number of hydrogen-bond acceptors (Lipinski definition) is 6. The van der Waals surface area contributed by atoms with E-state index in [-0.39, 0.29) is 6.04 Å². The Morgan fingerprint density at radius 1 is 1.40 bits per heavy atom. The standard InChI is InChI=1S/C14H20N4O2/c1-5-19-14-11(15)6-7-12(17-14)16-8(2)13-9(3)18-20-10(13)4/h6-8H,5,15H2,1-4H3,(H,16,17). The number of aryl methyl sites for hydroxylation is 2. The zero-order valence-corrected chi connectivity index (χ0v) is 12.2. The van der Waals surface area contributed by atoms with Gasteiger partial charge in [-0.2, -0.15) is 4.98 Å². The van der Waals surface area contributed by atoms with Crippen LogP contribution in [0.5, 0.6) is 5.88 Å². The molecule has 0 aromatic carbocycles. The molecule has 2 heterocycles. The first-order valence-electron chi connectivity index (χ1n) is 6.61. The lowest BCUT2D eigenvalue weighted by molar-refractivity contribution is 0.329. The summed E-state index contributed by atoms with van der Waals surface area (Å²) in [4.78, 5) is 4.36. The highest BCUT2D eigenvalue weighted by atomic mass is 16.5. The van der Waals surface area contributed by atoms with Crippen LogP contribution in [0.25, 0.3) is 0 Å². The normalized spacial score (nSPS) is 12.2. The van der Waals surface area contributed by atoms with E-state index in [1.807, 2.05) is 33.8 Å². The van der Waals surface area contributed by atoms with Crippen LogP contribution in [0.3, 0.4) is 0 Å². The van der Waals surface area contributed by atoms with Crippen molar-refractivity contribution < 1.29 is 9.26 Å². The fraction of sp³-hybridized carbons (Fsp3) is 0.429. The predicted octanol–water partition coefficient (Wildman–Crippen LogP) is 2.84. The van der Waals surface area contributed by atoms with Crippen molar-refractivity contribution in [1.29, 1.82) is 0 Å². The minimum absolute atomic E-state index is 0.0341. The number of nitrogens with one attached hydrogen (secondary N) is 1. The Morgan fingerprint density at radius 3 is 2.75 bits per heavy atom. The zero-order valence-electron chi connectivity index (χ0n) is 12.2. The minimum Gasteiger partial charge on any atom is -0.476 e. The van der Waals surface area contributed by atoms with Gasteiger partial charge >= 0.3 is 0 Å². The van der Waals surface area contributed by atoms with Crippen LogP contribution in [-0.2, 0) is 0 Å². The van der Waals surface area contributed by atoms with Crippen molar-refractivity contribution >= 4 is 11.5 Å². The van der Waals surface area contributed by atoms with Gasteiger partial charge in [-0.25, -0.2) is 0 Å². The molecule has 0 bridgehead atoms. The van der Waals surface area contributed by atoms with Crippen molar-refractivity contribution in [3.05, 3.63) is 29.2 Å². The third-order valence-electron chi connectivity index (χ3n) is 3.06. The summed E-state index contributed by atoms with van der Waals surface area (Å²) in [7, 11) is 0. The van der Waals surface area contributed by atoms with Gasteiger partial charge in [0.2, 0.25) is 5.88 Å². The van der Waals surface area contributed by atoms with Crippen LogP contribution in [0.1, 0.15) is 36.9 Å². The molecule has 2 aromatic rings. The molecule has 2 aromatic heterocycles. The lowest BCUT2D eigenvalue weighted by Gasteiger charge is -2.15. The first-order chi connectivity index (χ1) is 9.52. The molecule has 0 saturated carbocycles. The van der Waals surface area contributed by atoms with Gasteiger partial charge in [-0.15, -0.1) is 0 Å². The van der Waals surface area contributed by atoms with Crippen LogP contribution in [0.4, 0.5) is 11.5 Å². The highest BCUT2D eigenvalue weighted by Crippen LogP contribution is 2.26. The summed E-state index contributed by atoms with van der Waals surface area (Å²) in [6.07, 6.45) is 0. The molecule has 6 heteroatoms. The largest absolute Gasteiger partial charge is 0.476 e. The summed E-state index contributed by atoms with van der Waals surface area (Å²) < 4.78 is 10.6. The fourth-order valence-corrected chi connectivity index (χ4v) is 2.19. The Balaban J connectivity index is 2.19. The average molecular weight is 276 g/mol. The first-order valence-corrected chi connectivity index (χ1v) is 6.61. The fourth-order valence-electron chi connectivity index (χ4n) is 2.19. The van der Waals surface area contributed by atoms with Gasteiger partial charge in [0.15, 0.2) is 0 Å². The first kappa shape index (κ1) is 14.2. The van der Waals surface area contributed by atoms with E-state index in [9.17, 15) is 0 Å². The molecule has 1 atom stereocenters. The maximum absolute atomic E-state index is 5.81. The summed E-state index contributed by atoms with van der Waals surface area (Å²) in [5, 5.41) is 7.27. The Bertz CT molecular complexity index is 575. The molecule has 6 nitrogen and oxygen atoms in total. The molecule has 0 fully saturated rings. The van der Waals surface area contributed by atoms with Crippen molar-refractivity contribution in [3.63, 3.8) is 0 Å². The van der Waals surface area contributed by atoms with E-state index < -0.39 is 0 Å². The summed E-state index contributed by atoms with van der Waals surface area (Å²) >= 11 is 0. The molecule has 0 amide bonds. The lowest BCUT2D eigenvalue weighted by atomic mass is 10.1. The summed E-state index contributed by atoms with van der Waals surface area (Å²) in [6.45, 7) is 8.28. The zero-order chi connectivity index (χ0) is 14.7. The molecule has 0 aliphatic rings. The number of nitrogen functional groups attached to an aromatic ring is 1. The van der Waals surface area contributed by atoms with Gasteiger partial charge in [0.1, 0.15) is 11.6 Å². The van der Waals surface area contributed by atoms with Gasteiger partial charge in [-0.3, -0.25) is 0 Å². The van der Waals surface area contributed by atoms with E-state index >= 15 is 0 Å². The number of hydrogen-bond donors (Lipinski definition) is 2. The van der Waals surface area contributed by atoms with E-state index in [0.717, 1.165) is 17.0 Å². The molecule has 3 N–H and O–H groups in total. The Hall–Kier alpha value is -2.24. The van der Waals surface area contributed by atoms with Crippen molar-refractivity contribution in [1.82, 2.24) is 10.1 Å². The number of anilines is 2. The Kier molecular flexibility index (Phi) is 4.12. The highest BCUT2D eigenvalue weighted by Gasteiger charge is 2.17. The van der Waals surface area contributed by atoms with Gasteiger partial charge < -0.3 is 20.3 Å². The smallest absolute Gasteiger partial charge is 0.239 e.